The number of benzene rings is 1. The largest absolute Gasteiger partial charge is 0.465 e. The summed E-state index contributed by atoms with van der Waals surface area (Å²) in [5.41, 5.74) is 0.949. The van der Waals surface area contributed by atoms with Crippen LogP contribution >= 0.6 is 11.8 Å². The molecule has 1 aromatic rings. The highest BCUT2D eigenvalue weighted by Crippen LogP contribution is 2.23. The number of methoxy groups -OCH3 is 2. The van der Waals surface area contributed by atoms with Crippen LogP contribution < -0.4 is 0 Å². The van der Waals surface area contributed by atoms with Crippen LogP contribution in [0.5, 0.6) is 0 Å². The first-order valence-corrected chi connectivity index (χ1v) is 7.63. The molecule has 5 heteroatoms. The standard InChI is InChI=1S/C15H22O4S/c1-4-5-10-19-14(16)11-20-13-8-6-12(7-9-13)15(17-2)18-3/h6-9,15H,4-5,10-11H2,1-3H3. The van der Waals surface area contributed by atoms with E-state index in [0.717, 1.165) is 23.3 Å². The van der Waals surface area contributed by atoms with E-state index in [9.17, 15) is 4.79 Å². The minimum Gasteiger partial charge on any atom is -0.465 e. The number of thioether (sulfide) groups is 1. The summed E-state index contributed by atoms with van der Waals surface area (Å²) < 4.78 is 15.5. The van der Waals surface area contributed by atoms with Gasteiger partial charge in [-0.3, -0.25) is 4.79 Å². The molecule has 0 aliphatic heterocycles. The van der Waals surface area contributed by atoms with E-state index in [2.05, 4.69) is 6.92 Å². The fourth-order valence-electron chi connectivity index (χ4n) is 1.60. The number of ether oxygens (including phenoxy) is 3. The van der Waals surface area contributed by atoms with Crippen LogP contribution in [0.4, 0.5) is 0 Å². The van der Waals surface area contributed by atoms with Crippen molar-refractivity contribution < 1.29 is 19.0 Å². The molecule has 0 aromatic heterocycles. The van der Waals surface area contributed by atoms with E-state index in [1.54, 1.807) is 14.2 Å². The lowest BCUT2D eigenvalue weighted by molar-refractivity contribution is -0.140. The summed E-state index contributed by atoms with van der Waals surface area (Å²) >= 11 is 1.47. The fourth-order valence-corrected chi connectivity index (χ4v) is 2.30. The van der Waals surface area contributed by atoms with Crippen molar-refractivity contribution in [3.63, 3.8) is 0 Å². The maximum Gasteiger partial charge on any atom is 0.316 e. The Bertz CT molecular complexity index is 387. The molecular formula is C15H22O4S. The summed E-state index contributed by atoms with van der Waals surface area (Å²) in [6, 6.07) is 7.76. The molecule has 0 N–H and O–H groups in total. The normalized spacial score (nSPS) is 10.8. The van der Waals surface area contributed by atoms with Gasteiger partial charge in [-0.05, 0) is 18.6 Å². The molecular weight excluding hydrogens is 276 g/mol. The SMILES string of the molecule is CCCCOC(=O)CSc1ccc(C(OC)OC)cc1. The van der Waals surface area contributed by atoms with E-state index >= 15 is 0 Å². The topological polar surface area (TPSA) is 44.8 Å². The van der Waals surface area contributed by atoms with Crippen molar-refractivity contribution >= 4 is 17.7 Å². The molecule has 4 nitrogen and oxygen atoms in total. The first-order valence-electron chi connectivity index (χ1n) is 6.65. The minimum atomic E-state index is -0.354. The van der Waals surface area contributed by atoms with E-state index < -0.39 is 0 Å². The summed E-state index contributed by atoms with van der Waals surface area (Å²) in [4.78, 5) is 12.5. The molecule has 0 spiro atoms. The van der Waals surface area contributed by atoms with Crippen LogP contribution in [0.15, 0.2) is 29.2 Å². The number of esters is 1. The molecule has 0 amide bonds. The van der Waals surface area contributed by atoms with Gasteiger partial charge in [0.2, 0.25) is 0 Å². The molecule has 112 valence electrons. The number of hydrogen-bond acceptors (Lipinski definition) is 5. The molecule has 1 aromatic carbocycles. The third kappa shape index (κ3) is 5.94. The van der Waals surface area contributed by atoms with Crippen molar-refractivity contribution in [3.8, 4) is 0 Å². The van der Waals surface area contributed by atoms with Crippen LogP contribution in [0, 0.1) is 0 Å². The second-order valence-electron chi connectivity index (χ2n) is 4.24. The molecule has 0 radical (unpaired) electrons. The number of hydrogen-bond donors (Lipinski definition) is 0. The average Bonchev–Trinajstić information content (AvgIpc) is 2.48. The van der Waals surface area contributed by atoms with Crippen molar-refractivity contribution in [1.82, 2.24) is 0 Å². The molecule has 0 fully saturated rings. The van der Waals surface area contributed by atoms with Crippen molar-refractivity contribution in [2.24, 2.45) is 0 Å². The highest BCUT2D eigenvalue weighted by atomic mass is 32.2. The van der Waals surface area contributed by atoms with Gasteiger partial charge in [-0.25, -0.2) is 0 Å². The van der Waals surface area contributed by atoms with E-state index in [0.29, 0.717) is 12.4 Å². The van der Waals surface area contributed by atoms with Crippen LogP contribution in [0.3, 0.4) is 0 Å². The summed E-state index contributed by atoms with van der Waals surface area (Å²) in [6.07, 6.45) is 1.59. The molecule has 1 rings (SSSR count). The van der Waals surface area contributed by atoms with Gasteiger partial charge in [0.1, 0.15) is 0 Å². The molecule has 0 aliphatic carbocycles. The summed E-state index contributed by atoms with van der Waals surface area (Å²) in [7, 11) is 3.20. The van der Waals surface area contributed by atoms with Crippen LogP contribution in [-0.4, -0.2) is 32.5 Å². The van der Waals surface area contributed by atoms with E-state index in [4.69, 9.17) is 14.2 Å². The van der Waals surface area contributed by atoms with Crippen LogP contribution in [0.2, 0.25) is 0 Å². The Morgan fingerprint density at radius 3 is 2.40 bits per heavy atom. The number of unbranched alkanes of at least 4 members (excludes halogenated alkanes) is 1. The zero-order valence-electron chi connectivity index (χ0n) is 12.3. The molecule has 0 heterocycles. The maximum absolute atomic E-state index is 11.5. The van der Waals surface area contributed by atoms with E-state index in [1.165, 1.54) is 11.8 Å². The van der Waals surface area contributed by atoms with Gasteiger partial charge in [0.15, 0.2) is 6.29 Å². The van der Waals surface area contributed by atoms with Gasteiger partial charge in [0.25, 0.3) is 0 Å². The Balaban J connectivity index is 2.39. The summed E-state index contributed by atoms with van der Waals surface area (Å²) in [6.45, 7) is 2.58. The smallest absolute Gasteiger partial charge is 0.316 e. The average molecular weight is 298 g/mol. The highest BCUT2D eigenvalue weighted by Gasteiger charge is 2.09. The van der Waals surface area contributed by atoms with Gasteiger partial charge in [-0.2, -0.15) is 0 Å². The zero-order chi connectivity index (χ0) is 14.8. The zero-order valence-corrected chi connectivity index (χ0v) is 13.1. The van der Waals surface area contributed by atoms with Gasteiger partial charge in [-0.15, -0.1) is 11.8 Å². The van der Waals surface area contributed by atoms with Crippen molar-refractivity contribution in [1.29, 1.82) is 0 Å². The Labute approximate surface area is 124 Å². The number of carbonyl (C=O) groups excluding carboxylic acids is 1. The Morgan fingerprint density at radius 2 is 1.85 bits per heavy atom. The molecule has 0 bridgehead atoms. The van der Waals surface area contributed by atoms with Crippen LogP contribution in [0.25, 0.3) is 0 Å². The van der Waals surface area contributed by atoms with Gasteiger partial charge >= 0.3 is 5.97 Å². The molecule has 0 atom stereocenters. The van der Waals surface area contributed by atoms with Crippen molar-refractivity contribution in [2.45, 2.75) is 31.0 Å². The third-order valence-corrected chi connectivity index (χ3v) is 3.68. The quantitative estimate of drug-likeness (QED) is 0.302. The maximum atomic E-state index is 11.5. The van der Waals surface area contributed by atoms with Crippen LogP contribution in [-0.2, 0) is 19.0 Å². The molecule has 0 aliphatic rings. The van der Waals surface area contributed by atoms with Crippen molar-refractivity contribution in [3.05, 3.63) is 29.8 Å². The van der Waals surface area contributed by atoms with E-state index in [-0.39, 0.29) is 12.3 Å². The van der Waals surface area contributed by atoms with Crippen molar-refractivity contribution in [2.75, 3.05) is 26.6 Å². The first-order chi connectivity index (χ1) is 9.71. The highest BCUT2D eigenvalue weighted by molar-refractivity contribution is 8.00. The first kappa shape index (κ1) is 17.0. The Morgan fingerprint density at radius 1 is 1.20 bits per heavy atom. The fraction of sp³-hybridized carbons (Fsp3) is 0.533. The second-order valence-corrected chi connectivity index (χ2v) is 5.28. The number of carbonyl (C=O) groups is 1. The number of rotatable bonds is 9. The third-order valence-electron chi connectivity index (χ3n) is 2.70. The van der Waals surface area contributed by atoms with Gasteiger partial charge in [0.05, 0.1) is 12.4 Å². The minimum absolute atomic E-state index is 0.167. The van der Waals surface area contributed by atoms with Crippen LogP contribution in [0.1, 0.15) is 31.6 Å². The Kier molecular flexibility index (Phi) is 8.34. The lowest BCUT2D eigenvalue weighted by Crippen LogP contribution is -2.08. The molecule has 0 saturated heterocycles. The lowest BCUT2D eigenvalue weighted by atomic mass is 10.2. The summed E-state index contributed by atoms with van der Waals surface area (Å²) in [5, 5.41) is 0. The second kappa shape index (κ2) is 9.80. The lowest BCUT2D eigenvalue weighted by Gasteiger charge is -2.13. The van der Waals surface area contributed by atoms with Gasteiger partial charge in [0, 0.05) is 24.7 Å². The molecule has 0 unspecified atom stereocenters. The summed E-state index contributed by atoms with van der Waals surface area (Å²) in [5.74, 6) is 0.167. The van der Waals surface area contributed by atoms with E-state index in [1.807, 2.05) is 24.3 Å². The molecule has 20 heavy (non-hydrogen) atoms. The van der Waals surface area contributed by atoms with Gasteiger partial charge < -0.3 is 14.2 Å². The van der Waals surface area contributed by atoms with Gasteiger partial charge in [-0.1, -0.05) is 25.5 Å². The Hall–Kier alpha value is -1.04. The molecule has 0 saturated carbocycles. The predicted octanol–water partition coefficient (Wildman–Crippen LogP) is 3.41. The monoisotopic (exact) mass is 298 g/mol. The predicted molar refractivity (Wildman–Crippen MR) is 79.8 cm³/mol.